The summed E-state index contributed by atoms with van der Waals surface area (Å²) in [7, 11) is 0. The molecule has 9 heteroatoms. The number of hydrogen-bond acceptors (Lipinski definition) is 8. The standard InChI is InChI=1S/C29H30N6O2S/c1-20(21-5-4-12-32-18-21)17-24(23-6-2-3-7-25(23)36)35(30)29(37)27-10-9-26(38-27)22-8-11-28(33-19-22)34-15-13-31-14-16-34/h2-12,18-19,24,31,36H,1,13-17,30H2. The SMILES string of the molecule is C=C(CC(c1ccccc1O)N(N)C(=O)c1ccc(-c2ccc(N3CCNCC3)nc2)s1)c1cccnc1. The van der Waals surface area contributed by atoms with E-state index in [0.29, 0.717) is 16.9 Å². The first-order valence-electron chi connectivity index (χ1n) is 12.5. The van der Waals surface area contributed by atoms with Crippen LogP contribution < -0.4 is 16.1 Å². The van der Waals surface area contributed by atoms with Gasteiger partial charge < -0.3 is 15.3 Å². The lowest BCUT2D eigenvalue weighted by Crippen LogP contribution is -2.43. The van der Waals surface area contributed by atoms with Gasteiger partial charge in [-0.1, -0.05) is 30.8 Å². The third-order valence-electron chi connectivity index (χ3n) is 6.67. The molecule has 1 amide bonds. The molecule has 0 radical (unpaired) electrons. The van der Waals surface area contributed by atoms with E-state index in [1.807, 2.05) is 42.6 Å². The first-order chi connectivity index (χ1) is 18.5. The Morgan fingerprint density at radius 2 is 1.92 bits per heavy atom. The highest BCUT2D eigenvalue weighted by atomic mass is 32.1. The molecule has 194 valence electrons. The minimum Gasteiger partial charge on any atom is -0.508 e. The van der Waals surface area contributed by atoms with Crippen LogP contribution in [-0.4, -0.2) is 52.2 Å². The van der Waals surface area contributed by atoms with Gasteiger partial charge in [-0.15, -0.1) is 11.3 Å². The number of aromatic hydroxyl groups is 1. The molecule has 0 aliphatic carbocycles. The number of aromatic nitrogens is 2. The number of nitrogens with zero attached hydrogens (tertiary/aromatic N) is 4. The van der Waals surface area contributed by atoms with E-state index in [4.69, 9.17) is 5.84 Å². The predicted molar refractivity (Wildman–Crippen MR) is 152 cm³/mol. The van der Waals surface area contributed by atoms with Crippen LogP contribution in [-0.2, 0) is 0 Å². The van der Waals surface area contributed by atoms with E-state index in [9.17, 15) is 9.90 Å². The van der Waals surface area contributed by atoms with Crippen molar-refractivity contribution in [2.45, 2.75) is 12.5 Å². The third-order valence-corrected chi connectivity index (χ3v) is 7.79. The number of piperazine rings is 1. The van der Waals surface area contributed by atoms with Crippen molar-refractivity contribution in [3.8, 4) is 16.2 Å². The van der Waals surface area contributed by atoms with Crippen LogP contribution in [0.5, 0.6) is 5.75 Å². The number of anilines is 1. The summed E-state index contributed by atoms with van der Waals surface area (Å²) in [6, 6.07) is 17.8. The highest BCUT2D eigenvalue weighted by Gasteiger charge is 2.28. The Morgan fingerprint density at radius 3 is 2.63 bits per heavy atom. The summed E-state index contributed by atoms with van der Waals surface area (Å²) in [5, 5.41) is 15.1. The number of benzene rings is 1. The largest absolute Gasteiger partial charge is 0.508 e. The second-order valence-electron chi connectivity index (χ2n) is 9.14. The molecule has 3 aromatic heterocycles. The summed E-state index contributed by atoms with van der Waals surface area (Å²) in [6.07, 6.45) is 5.60. The topological polar surface area (TPSA) is 108 Å². The van der Waals surface area contributed by atoms with Crippen LogP contribution in [0.4, 0.5) is 5.82 Å². The molecule has 4 aromatic rings. The molecule has 1 aromatic carbocycles. The van der Waals surface area contributed by atoms with Gasteiger partial charge in [-0.05, 0) is 54.0 Å². The summed E-state index contributed by atoms with van der Waals surface area (Å²) in [4.78, 5) is 26.1. The van der Waals surface area contributed by atoms with Gasteiger partial charge in [0.2, 0.25) is 0 Å². The molecule has 1 saturated heterocycles. The number of pyridine rings is 2. The molecule has 4 heterocycles. The van der Waals surface area contributed by atoms with Crippen LogP contribution >= 0.6 is 11.3 Å². The Balaban J connectivity index is 1.36. The first kappa shape index (κ1) is 25.6. The summed E-state index contributed by atoms with van der Waals surface area (Å²) in [5.41, 5.74) is 3.11. The molecule has 38 heavy (non-hydrogen) atoms. The van der Waals surface area contributed by atoms with E-state index >= 15 is 0 Å². The fourth-order valence-corrected chi connectivity index (χ4v) is 5.48. The van der Waals surface area contributed by atoms with Gasteiger partial charge in [0.15, 0.2) is 0 Å². The van der Waals surface area contributed by atoms with Gasteiger partial charge in [-0.3, -0.25) is 14.8 Å². The van der Waals surface area contributed by atoms with Crippen molar-refractivity contribution in [2.75, 3.05) is 31.1 Å². The minimum atomic E-state index is -0.623. The average molecular weight is 527 g/mol. The molecule has 8 nitrogen and oxygen atoms in total. The molecule has 0 spiro atoms. The van der Waals surface area contributed by atoms with Crippen LogP contribution in [0.2, 0.25) is 0 Å². The van der Waals surface area contributed by atoms with Crippen LogP contribution in [0.15, 0.2) is 85.8 Å². The maximum Gasteiger partial charge on any atom is 0.278 e. The summed E-state index contributed by atoms with van der Waals surface area (Å²) in [6.45, 7) is 7.96. The van der Waals surface area contributed by atoms with Crippen LogP contribution in [0, 0.1) is 0 Å². The number of rotatable bonds is 8. The van der Waals surface area contributed by atoms with Crippen molar-refractivity contribution in [2.24, 2.45) is 5.84 Å². The predicted octanol–water partition coefficient (Wildman–Crippen LogP) is 4.48. The molecule has 1 aliphatic rings. The van der Waals surface area contributed by atoms with Crippen molar-refractivity contribution in [1.82, 2.24) is 20.3 Å². The fourth-order valence-electron chi connectivity index (χ4n) is 4.54. The van der Waals surface area contributed by atoms with Crippen molar-refractivity contribution in [3.05, 3.63) is 102 Å². The zero-order chi connectivity index (χ0) is 26.5. The summed E-state index contributed by atoms with van der Waals surface area (Å²) in [5.74, 6) is 7.16. The number of para-hydroxylation sites is 1. The van der Waals surface area contributed by atoms with Gasteiger partial charge in [0, 0.05) is 60.8 Å². The molecule has 1 atom stereocenters. The molecule has 0 bridgehead atoms. The van der Waals surface area contributed by atoms with Gasteiger partial charge in [0.25, 0.3) is 5.91 Å². The molecule has 1 unspecified atom stereocenters. The monoisotopic (exact) mass is 526 g/mol. The van der Waals surface area contributed by atoms with E-state index < -0.39 is 6.04 Å². The second kappa shape index (κ2) is 11.6. The van der Waals surface area contributed by atoms with E-state index in [-0.39, 0.29) is 11.7 Å². The fraction of sp³-hybridized carbons (Fsp3) is 0.207. The van der Waals surface area contributed by atoms with E-state index in [1.54, 1.807) is 36.7 Å². The quantitative estimate of drug-likeness (QED) is 0.177. The Labute approximate surface area is 226 Å². The van der Waals surface area contributed by atoms with Crippen molar-refractivity contribution in [3.63, 3.8) is 0 Å². The molecule has 0 saturated carbocycles. The first-order valence-corrected chi connectivity index (χ1v) is 13.3. The summed E-state index contributed by atoms with van der Waals surface area (Å²) >= 11 is 1.37. The number of phenols is 1. The zero-order valence-corrected chi connectivity index (χ0v) is 21.8. The number of nitrogens with two attached hydrogens (primary N) is 1. The van der Waals surface area contributed by atoms with Crippen molar-refractivity contribution >= 4 is 28.6 Å². The zero-order valence-electron chi connectivity index (χ0n) is 21.0. The Hall–Kier alpha value is -4.05. The molecule has 5 rings (SSSR count). The maximum absolute atomic E-state index is 13.6. The van der Waals surface area contributed by atoms with Crippen LogP contribution in [0.25, 0.3) is 16.0 Å². The Bertz CT molecular complexity index is 1400. The number of hydrogen-bond donors (Lipinski definition) is 3. The Kier molecular flexibility index (Phi) is 7.78. The molecular formula is C29H30N6O2S. The average Bonchev–Trinajstić information content (AvgIpc) is 3.47. The molecular weight excluding hydrogens is 496 g/mol. The molecule has 1 fully saturated rings. The number of phenolic OH excluding ortho intramolecular Hbond substituents is 1. The third kappa shape index (κ3) is 5.60. The normalized spacial score (nSPS) is 14.2. The van der Waals surface area contributed by atoms with Crippen molar-refractivity contribution in [1.29, 1.82) is 0 Å². The highest BCUT2D eigenvalue weighted by molar-refractivity contribution is 7.17. The Morgan fingerprint density at radius 1 is 1.11 bits per heavy atom. The number of hydrazine groups is 1. The van der Waals surface area contributed by atoms with Crippen molar-refractivity contribution < 1.29 is 9.90 Å². The highest BCUT2D eigenvalue weighted by Crippen LogP contribution is 2.36. The number of thiophene rings is 1. The van der Waals surface area contributed by atoms with Gasteiger partial charge in [-0.2, -0.15) is 0 Å². The minimum absolute atomic E-state index is 0.0715. The molecule has 4 N–H and O–H groups in total. The number of carbonyl (C=O) groups excluding carboxylic acids is 1. The van der Waals surface area contributed by atoms with Gasteiger partial charge in [0.05, 0.1) is 10.9 Å². The lowest BCUT2D eigenvalue weighted by atomic mass is 9.95. The second-order valence-corrected chi connectivity index (χ2v) is 10.2. The summed E-state index contributed by atoms with van der Waals surface area (Å²) < 4.78 is 0. The van der Waals surface area contributed by atoms with E-state index in [0.717, 1.165) is 53.6 Å². The van der Waals surface area contributed by atoms with Gasteiger partial charge in [-0.25, -0.2) is 10.8 Å². The number of amides is 1. The number of carbonyl (C=O) groups is 1. The lowest BCUT2D eigenvalue weighted by Gasteiger charge is -2.29. The lowest BCUT2D eigenvalue weighted by molar-refractivity contribution is 0.0682. The van der Waals surface area contributed by atoms with Crippen LogP contribution in [0.3, 0.4) is 0 Å². The van der Waals surface area contributed by atoms with E-state index in [1.165, 1.54) is 16.3 Å². The van der Waals surface area contributed by atoms with Crippen LogP contribution in [0.1, 0.15) is 33.3 Å². The maximum atomic E-state index is 13.6. The number of nitrogens with one attached hydrogen (secondary N) is 1. The van der Waals surface area contributed by atoms with E-state index in [2.05, 4.69) is 26.8 Å². The van der Waals surface area contributed by atoms with Gasteiger partial charge in [0.1, 0.15) is 11.6 Å². The van der Waals surface area contributed by atoms with Gasteiger partial charge >= 0.3 is 0 Å². The molecule has 1 aliphatic heterocycles. The smallest absolute Gasteiger partial charge is 0.278 e.